The monoisotopic (exact) mass is 352 g/mol. The number of nitrogens with one attached hydrogen (secondary N) is 1. The molecule has 0 spiro atoms. The van der Waals surface area contributed by atoms with Crippen molar-refractivity contribution >= 4 is 16.9 Å². The highest BCUT2D eigenvalue weighted by Crippen LogP contribution is 2.27. The van der Waals surface area contributed by atoms with Gasteiger partial charge in [0.15, 0.2) is 5.65 Å². The standard InChI is InChI=1S/C20H21FN4O/c21-17-6-2-1-4-14(17)8-10-19(26)25-11-3-5-16(13-25)18-9-7-15-12-22-24-20(15)23-18/h1-2,4,6-7,9,12,16H,3,5,8,10-11,13H2,(H,22,23,24)/t16-/m0/s1. The van der Waals surface area contributed by atoms with E-state index in [4.69, 9.17) is 0 Å². The minimum atomic E-state index is -0.242. The zero-order chi connectivity index (χ0) is 17.9. The molecule has 1 aliphatic heterocycles. The molecular weight excluding hydrogens is 331 g/mol. The molecule has 1 atom stereocenters. The molecule has 5 nitrogen and oxygen atoms in total. The molecule has 1 saturated heterocycles. The number of aromatic amines is 1. The molecule has 4 rings (SSSR count). The number of pyridine rings is 1. The topological polar surface area (TPSA) is 61.9 Å². The van der Waals surface area contributed by atoms with E-state index in [1.165, 1.54) is 6.07 Å². The zero-order valence-electron chi connectivity index (χ0n) is 14.5. The fourth-order valence-electron chi connectivity index (χ4n) is 3.62. The number of H-pyrrole nitrogens is 1. The average molecular weight is 352 g/mol. The van der Waals surface area contributed by atoms with Crippen LogP contribution >= 0.6 is 0 Å². The summed E-state index contributed by atoms with van der Waals surface area (Å²) in [6.45, 7) is 1.43. The summed E-state index contributed by atoms with van der Waals surface area (Å²) in [5, 5.41) is 7.90. The van der Waals surface area contributed by atoms with Gasteiger partial charge in [0.1, 0.15) is 5.82 Å². The van der Waals surface area contributed by atoms with Gasteiger partial charge in [-0.25, -0.2) is 9.37 Å². The van der Waals surface area contributed by atoms with Gasteiger partial charge in [-0.2, -0.15) is 5.10 Å². The second kappa shape index (κ2) is 7.23. The summed E-state index contributed by atoms with van der Waals surface area (Å²) in [6, 6.07) is 10.7. The Morgan fingerprint density at radius 3 is 3.04 bits per heavy atom. The van der Waals surface area contributed by atoms with Crippen molar-refractivity contribution in [2.24, 2.45) is 0 Å². The molecule has 0 saturated carbocycles. The van der Waals surface area contributed by atoms with Crippen molar-refractivity contribution in [3.63, 3.8) is 0 Å². The summed E-state index contributed by atoms with van der Waals surface area (Å²) < 4.78 is 13.7. The molecule has 1 amide bonds. The quantitative estimate of drug-likeness (QED) is 0.782. The number of hydrogen-bond donors (Lipinski definition) is 1. The van der Waals surface area contributed by atoms with Gasteiger partial charge in [0, 0.05) is 36.5 Å². The minimum Gasteiger partial charge on any atom is -0.342 e. The van der Waals surface area contributed by atoms with Crippen LogP contribution in [0.25, 0.3) is 11.0 Å². The predicted molar refractivity (Wildman–Crippen MR) is 97.2 cm³/mol. The summed E-state index contributed by atoms with van der Waals surface area (Å²) in [4.78, 5) is 19.1. The summed E-state index contributed by atoms with van der Waals surface area (Å²) >= 11 is 0. The molecule has 0 radical (unpaired) electrons. The Balaban J connectivity index is 1.41. The van der Waals surface area contributed by atoms with Crippen molar-refractivity contribution in [3.8, 4) is 0 Å². The van der Waals surface area contributed by atoms with Crippen LogP contribution in [-0.2, 0) is 11.2 Å². The Hall–Kier alpha value is -2.76. The Morgan fingerprint density at radius 2 is 2.15 bits per heavy atom. The number of aryl methyl sites for hydroxylation is 1. The maximum absolute atomic E-state index is 13.7. The van der Waals surface area contributed by atoms with Gasteiger partial charge in [-0.3, -0.25) is 9.89 Å². The third kappa shape index (κ3) is 3.45. The van der Waals surface area contributed by atoms with Crippen LogP contribution in [0.2, 0.25) is 0 Å². The number of fused-ring (bicyclic) bond motifs is 1. The number of halogens is 1. The first-order chi connectivity index (χ1) is 12.7. The van der Waals surface area contributed by atoms with Crippen molar-refractivity contribution in [1.82, 2.24) is 20.1 Å². The van der Waals surface area contributed by atoms with Crippen LogP contribution in [0.1, 0.15) is 36.4 Å². The van der Waals surface area contributed by atoms with Gasteiger partial charge in [-0.1, -0.05) is 18.2 Å². The molecule has 1 fully saturated rings. The highest BCUT2D eigenvalue weighted by molar-refractivity contribution is 5.77. The molecule has 6 heteroatoms. The van der Waals surface area contributed by atoms with Gasteiger partial charge >= 0.3 is 0 Å². The first-order valence-corrected chi connectivity index (χ1v) is 9.02. The van der Waals surface area contributed by atoms with E-state index in [-0.39, 0.29) is 17.6 Å². The lowest BCUT2D eigenvalue weighted by Gasteiger charge is -2.32. The zero-order valence-corrected chi connectivity index (χ0v) is 14.5. The van der Waals surface area contributed by atoms with Crippen molar-refractivity contribution in [3.05, 3.63) is 59.7 Å². The molecule has 26 heavy (non-hydrogen) atoms. The Morgan fingerprint density at radius 1 is 1.27 bits per heavy atom. The van der Waals surface area contributed by atoms with E-state index >= 15 is 0 Å². The summed E-state index contributed by atoms with van der Waals surface area (Å²) in [7, 11) is 0. The second-order valence-electron chi connectivity index (χ2n) is 6.81. The highest BCUT2D eigenvalue weighted by Gasteiger charge is 2.25. The Kier molecular flexibility index (Phi) is 4.65. The lowest BCUT2D eigenvalue weighted by Crippen LogP contribution is -2.39. The van der Waals surface area contributed by atoms with E-state index in [2.05, 4.69) is 15.2 Å². The number of likely N-dealkylation sites (tertiary alicyclic amines) is 1. The van der Waals surface area contributed by atoms with Crippen LogP contribution in [0.4, 0.5) is 4.39 Å². The summed E-state index contributed by atoms with van der Waals surface area (Å²) in [5.74, 6) is 0.0725. The van der Waals surface area contributed by atoms with E-state index in [1.807, 2.05) is 17.0 Å². The van der Waals surface area contributed by atoms with Crippen molar-refractivity contribution < 1.29 is 9.18 Å². The molecule has 2 aromatic heterocycles. The third-order valence-electron chi connectivity index (χ3n) is 5.08. The number of piperidine rings is 1. The van der Waals surface area contributed by atoms with Crippen LogP contribution < -0.4 is 0 Å². The van der Waals surface area contributed by atoms with Crippen molar-refractivity contribution in [2.75, 3.05) is 13.1 Å². The number of aromatic nitrogens is 3. The normalized spacial score (nSPS) is 17.6. The average Bonchev–Trinajstić information content (AvgIpc) is 3.15. The van der Waals surface area contributed by atoms with Crippen molar-refractivity contribution in [1.29, 1.82) is 0 Å². The van der Waals surface area contributed by atoms with Gasteiger partial charge in [0.05, 0.1) is 6.20 Å². The van der Waals surface area contributed by atoms with Gasteiger partial charge in [-0.15, -0.1) is 0 Å². The summed E-state index contributed by atoms with van der Waals surface area (Å²) in [6.07, 6.45) is 4.50. The summed E-state index contributed by atoms with van der Waals surface area (Å²) in [5.41, 5.74) is 2.37. The van der Waals surface area contributed by atoms with E-state index in [1.54, 1.807) is 24.4 Å². The number of nitrogens with zero attached hydrogens (tertiary/aromatic N) is 3. The largest absolute Gasteiger partial charge is 0.342 e. The minimum absolute atomic E-state index is 0.0839. The van der Waals surface area contributed by atoms with Gasteiger partial charge < -0.3 is 4.90 Å². The molecular formula is C20H21FN4O. The fraction of sp³-hybridized carbons (Fsp3) is 0.350. The van der Waals surface area contributed by atoms with Crippen LogP contribution in [0.3, 0.4) is 0 Å². The van der Waals surface area contributed by atoms with Crippen LogP contribution in [0, 0.1) is 5.82 Å². The number of rotatable bonds is 4. The maximum Gasteiger partial charge on any atom is 0.222 e. The van der Waals surface area contributed by atoms with E-state index in [9.17, 15) is 9.18 Å². The van der Waals surface area contributed by atoms with E-state index in [0.29, 0.717) is 24.9 Å². The van der Waals surface area contributed by atoms with E-state index < -0.39 is 0 Å². The van der Waals surface area contributed by atoms with Crippen LogP contribution in [0.5, 0.6) is 0 Å². The van der Waals surface area contributed by atoms with Crippen LogP contribution in [-0.4, -0.2) is 39.1 Å². The lowest BCUT2D eigenvalue weighted by atomic mass is 9.93. The third-order valence-corrected chi connectivity index (χ3v) is 5.08. The number of benzene rings is 1. The molecule has 0 bridgehead atoms. The maximum atomic E-state index is 13.7. The number of amides is 1. The van der Waals surface area contributed by atoms with Gasteiger partial charge in [-0.05, 0) is 43.0 Å². The molecule has 1 aliphatic rings. The highest BCUT2D eigenvalue weighted by atomic mass is 19.1. The Labute approximate surface area is 151 Å². The molecule has 1 aromatic carbocycles. The Bertz CT molecular complexity index is 923. The predicted octanol–water partition coefficient (Wildman–Crippen LogP) is 3.44. The van der Waals surface area contributed by atoms with Gasteiger partial charge in [0.2, 0.25) is 5.91 Å². The molecule has 3 aromatic rings. The smallest absolute Gasteiger partial charge is 0.222 e. The molecule has 134 valence electrons. The molecule has 1 N–H and O–H groups in total. The van der Waals surface area contributed by atoms with Crippen molar-refractivity contribution in [2.45, 2.75) is 31.6 Å². The second-order valence-corrected chi connectivity index (χ2v) is 6.81. The van der Waals surface area contributed by atoms with E-state index in [0.717, 1.165) is 36.1 Å². The lowest BCUT2D eigenvalue weighted by molar-refractivity contribution is -0.132. The first-order valence-electron chi connectivity index (χ1n) is 9.02. The molecule has 0 aliphatic carbocycles. The molecule has 0 unspecified atom stereocenters. The number of carbonyl (C=O) groups excluding carboxylic acids is 1. The first kappa shape index (κ1) is 16.7. The van der Waals surface area contributed by atoms with Crippen LogP contribution in [0.15, 0.2) is 42.6 Å². The number of hydrogen-bond acceptors (Lipinski definition) is 3. The number of carbonyl (C=O) groups is 1. The molecule has 3 heterocycles. The SMILES string of the molecule is O=C(CCc1ccccc1F)N1CCC[C@H](c2ccc3cn[nH]c3n2)C1. The fourth-order valence-corrected chi connectivity index (χ4v) is 3.62. The van der Waals surface area contributed by atoms with Gasteiger partial charge in [0.25, 0.3) is 0 Å².